The summed E-state index contributed by atoms with van der Waals surface area (Å²) in [6.45, 7) is 0. The Labute approximate surface area is 60.2 Å². The van der Waals surface area contributed by atoms with Gasteiger partial charge in [0, 0.05) is 27.2 Å². The fraction of sp³-hybridized carbons (Fsp3) is 0.500. The van der Waals surface area contributed by atoms with E-state index in [1.165, 1.54) is 0 Å². The van der Waals surface area contributed by atoms with Crippen LogP contribution in [0.3, 0.4) is 0 Å². The van der Waals surface area contributed by atoms with Crippen molar-refractivity contribution < 1.29 is 0 Å². The molecule has 0 saturated carbocycles. The summed E-state index contributed by atoms with van der Waals surface area (Å²) < 4.78 is 1.65. The standard InChI is InChI=1S/C6H12N4/c1-9(2)6-4-5(7)10(3)8-6/h4H,7H2,1-3H3. The lowest BCUT2D eigenvalue weighted by Crippen LogP contribution is -2.09. The molecule has 0 amide bonds. The van der Waals surface area contributed by atoms with Crippen LogP contribution in [0.2, 0.25) is 0 Å². The molecule has 4 heteroatoms. The Balaban J connectivity index is 2.98. The summed E-state index contributed by atoms with van der Waals surface area (Å²) in [5.74, 6) is 1.57. The van der Waals surface area contributed by atoms with Gasteiger partial charge < -0.3 is 10.6 Å². The Bertz CT molecular complexity index is 206. The zero-order valence-corrected chi connectivity index (χ0v) is 6.50. The number of nitrogen functional groups attached to an aromatic ring is 1. The molecule has 4 nitrogen and oxygen atoms in total. The normalized spacial score (nSPS) is 9.90. The highest BCUT2D eigenvalue weighted by Gasteiger charge is 2.01. The van der Waals surface area contributed by atoms with Gasteiger partial charge in [0.2, 0.25) is 0 Å². The molecule has 0 aromatic carbocycles. The van der Waals surface area contributed by atoms with Gasteiger partial charge in [-0.15, -0.1) is 0 Å². The Kier molecular flexibility index (Phi) is 1.53. The molecule has 0 aliphatic carbocycles. The quantitative estimate of drug-likeness (QED) is 0.600. The molecule has 10 heavy (non-hydrogen) atoms. The second kappa shape index (κ2) is 2.21. The molecular weight excluding hydrogens is 128 g/mol. The predicted octanol–water partition coefficient (Wildman–Crippen LogP) is 0.0683. The molecule has 1 aromatic rings. The first-order valence-corrected chi connectivity index (χ1v) is 3.08. The van der Waals surface area contributed by atoms with E-state index in [9.17, 15) is 0 Å². The molecule has 2 N–H and O–H groups in total. The summed E-state index contributed by atoms with van der Waals surface area (Å²) in [6.07, 6.45) is 0. The van der Waals surface area contributed by atoms with Crippen LogP contribution in [0.5, 0.6) is 0 Å². The predicted molar refractivity (Wildman–Crippen MR) is 41.9 cm³/mol. The lowest BCUT2D eigenvalue weighted by atomic mass is 10.5. The van der Waals surface area contributed by atoms with Crippen LogP contribution in [0.25, 0.3) is 0 Å². The fourth-order valence-corrected chi connectivity index (χ4v) is 0.685. The third-order valence-corrected chi connectivity index (χ3v) is 1.36. The van der Waals surface area contributed by atoms with Gasteiger partial charge in [0.15, 0.2) is 5.82 Å². The molecule has 1 aromatic heterocycles. The molecular formula is C6H12N4. The van der Waals surface area contributed by atoms with Gasteiger partial charge in [0.25, 0.3) is 0 Å². The summed E-state index contributed by atoms with van der Waals surface area (Å²) in [4.78, 5) is 1.91. The van der Waals surface area contributed by atoms with Crippen LogP contribution in [-0.4, -0.2) is 23.9 Å². The van der Waals surface area contributed by atoms with Gasteiger partial charge in [-0.25, -0.2) is 0 Å². The molecule has 0 atom stereocenters. The summed E-state index contributed by atoms with van der Waals surface area (Å²) in [5, 5.41) is 4.13. The zero-order valence-electron chi connectivity index (χ0n) is 6.50. The van der Waals surface area contributed by atoms with Crippen LogP contribution >= 0.6 is 0 Å². The molecule has 0 saturated heterocycles. The van der Waals surface area contributed by atoms with Crippen LogP contribution in [0.4, 0.5) is 11.6 Å². The van der Waals surface area contributed by atoms with Crippen LogP contribution in [0.15, 0.2) is 6.07 Å². The Morgan fingerprint density at radius 1 is 1.60 bits per heavy atom. The largest absolute Gasteiger partial charge is 0.384 e. The van der Waals surface area contributed by atoms with Crippen LogP contribution < -0.4 is 10.6 Å². The van der Waals surface area contributed by atoms with Gasteiger partial charge in [-0.05, 0) is 0 Å². The number of hydrogen-bond donors (Lipinski definition) is 1. The van der Waals surface area contributed by atoms with Crippen LogP contribution in [-0.2, 0) is 7.05 Å². The number of rotatable bonds is 1. The Hall–Kier alpha value is -1.19. The molecule has 1 heterocycles. The van der Waals surface area contributed by atoms with Crippen molar-refractivity contribution in [3.63, 3.8) is 0 Å². The SMILES string of the molecule is CN(C)c1cc(N)n(C)n1. The lowest BCUT2D eigenvalue weighted by Gasteiger charge is -2.05. The Morgan fingerprint density at radius 2 is 2.20 bits per heavy atom. The highest BCUT2D eigenvalue weighted by atomic mass is 15.3. The maximum atomic E-state index is 5.55. The van der Waals surface area contributed by atoms with Gasteiger partial charge in [0.1, 0.15) is 5.82 Å². The first-order valence-electron chi connectivity index (χ1n) is 3.08. The zero-order chi connectivity index (χ0) is 7.72. The minimum absolute atomic E-state index is 0.684. The van der Waals surface area contributed by atoms with Crippen molar-refractivity contribution in [1.29, 1.82) is 0 Å². The number of nitrogens with two attached hydrogens (primary N) is 1. The lowest BCUT2D eigenvalue weighted by molar-refractivity contribution is 0.773. The number of aromatic nitrogens is 2. The van der Waals surface area contributed by atoms with E-state index in [-0.39, 0.29) is 0 Å². The third-order valence-electron chi connectivity index (χ3n) is 1.36. The van der Waals surface area contributed by atoms with Crippen LogP contribution in [0, 0.1) is 0 Å². The fourth-order valence-electron chi connectivity index (χ4n) is 0.685. The number of aryl methyl sites for hydroxylation is 1. The first kappa shape index (κ1) is 6.92. The van der Waals surface area contributed by atoms with E-state index in [2.05, 4.69) is 5.10 Å². The molecule has 1 rings (SSSR count). The summed E-state index contributed by atoms with van der Waals surface area (Å²) >= 11 is 0. The van der Waals surface area contributed by atoms with Crippen molar-refractivity contribution in [3.8, 4) is 0 Å². The second-order valence-electron chi connectivity index (χ2n) is 2.45. The van der Waals surface area contributed by atoms with E-state index in [0.717, 1.165) is 5.82 Å². The van der Waals surface area contributed by atoms with Crippen LogP contribution in [0.1, 0.15) is 0 Å². The van der Waals surface area contributed by atoms with Gasteiger partial charge in [-0.2, -0.15) is 5.10 Å². The van der Waals surface area contributed by atoms with Crippen molar-refractivity contribution in [2.75, 3.05) is 24.7 Å². The van der Waals surface area contributed by atoms with Crippen molar-refractivity contribution in [2.24, 2.45) is 7.05 Å². The van der Waals surface area contributed by atoms with Crippen molar-refractivity contribution in [2.45, 2.75) is 0 Å². The van der Waals surface area contributed by atoms with E-state index in [1.807, 2.05) is 32.1 Å². The van der Waals surface area contributed by atoms with Gasteiger partial charge in [-0.1, -0.05) is 0 Å². The smallest absolute Gasteiger partial charge is 0.152 e. The summed E-state index contributed by atoms with van der Waals surface area (Å²) in [5.41, 5.74) is 5.55. The average molecular weight is 140 g/mol. The van der Waals surface area contributed by atoms with Crippen molar-refractivity contribution >= 4 is 11.6 Å². The topological polar surface area (TPSA) is 47.1 Å². The van der Waals surface area contributed by atoms with E-state index < -0.39 is 0 Å². The highest BCUT2D eigenvalue weighted by Crippen LogP contribution is 2.11. The molecule has 0 spiro atoms. The minimum atomic E-state index is 0.684. The second-order valence-corrected chi connectivity index (χ2v) is 2.45. The maximum absolute atomic E-state index is 5.55. The van der Waals surface area contributed by atoms with E-state index in [1.54, 1.807) is 4.68 Å². The molecule has 0 radical (unpaired) electrons. The first-order chi connectivity index (χ1) is 4.61. The molecule has 0 aliphatic rings. The average Bonchev–Trinajstić information content (AvgIpc) is 2.13. The van der Waals surface area contributed by atoms with Crippen molar-refractivity contribution in [1.82, 2.24) is 9.78 Å². The van der Waals surface area contributed by atoms with Gasteiger partial charge >= 0.3 is 0 Å². The van der Waals surface area contributed by atoms with Gasteiger partial charge in [0.05, 0.1) is 0 Å². The molecule has 0 fully saturated rings. The monoisotopic (exact) mass is 140 g/mol. The minimum Gasteiger partial charge on any atom is -0.384 e. The summed E-state index contributed by atoms with van der Waals surface area (Å²) in [7, 11) is 5.69. The maximum Gasteiger partial charge on any atom is 0.152 e. The molecule has 0 aliphatic heterocycles. The molecule has 0 bridgehead atoms. The van der Waals surface area contributed by atoms with E-state index in [0.29, 0.717) is 5.82 Å². The Morgan fingerprint density at radius 3 is 2.40 bits per heavy atom. The number of hydrogen-bond acceptors (Lipinski definition) is 3. The molecule has 56 valence electrons. The number of anilines is 2. The molecule has 0 unspecified atom stereocenters. The van der Waals surface area contributed by atoms with Gasteiger partial charge in [-0.3, -0.25) is 4.68 Å². The highest BCUT2D eigenvalue weighted by molar-refractivity contribution is 5.46. The van der Waals surface area contributed by atoms with Crippen molar-refractivity contribution in [3.05, 3.63) is 6.07 Å². The van der Waals surface area contributed by atoms with E-state index >= 15 is 0 Å². The third kappa shape index (κ3) is 1.05. The summed E-state index contributed by atoms with van der Waals surface area (Å²) in [6, 6.07) is 1.83. The number of nitrogens with zero attached hydrogens (tertiary/aromatic N) is 3. The van der Waals surface area contributed by atoms with E-state index in [4.69, 9.17) is 5.73 Å².